The molecular formula is C34H39N3O14. The first-order valence-corrected chi connectivity index (χ1v) is 16.7. The van der Waals surface area contributed by atoms with E-state index < -0.39 is 86.6 Å². The molecule has 274 valence electrons. The van der Waals surface area contributed by atoms with Crippen LogP contribution in [0.3, 0.4) is 0 Å². The third-order valence-electron chi connectivity index (χ3n) is 10.6. The molecule has 17 heteroatoms. The summed E-state index contributed by atoms with van der Waals surface area (Å²) in [6.45, 7) is -1.60. The summed E-state index contributed by atoms with van der Waals surface area (Å²) in [5.41, 5.74) is 2.38. The number of carbonyl (C=O) groups is 2. The highest BCUT2D eigenvalue weighted by Crippen LogP contribution is 2.48. The minimum Gasteiger partial charge on any atom is -0.454 e. The van der Waals surface area contributed by atoms with Gasteiger partial charge >= 0.3 is 0 Å². The molecule has 0 unspecified atom stereocenters. The van der Waals surface area contributed by atoms with Crippen LogP contribution in [0.15, 0.2) is 42.5 Å². The molecule has 5 aliphatic heterocycles. The van der Waals surface area contributed by atoms with Crippen molar-refractivity contribution in [3.63, 3.8) is 0 Å². The first-order chi connectivity index (χ1) is 24.5. The Hall–Kier alpha value is -3.88. The fraction of sp³-hybridized carbons (Fsp3) is 0.529. The van der Waals surface area contributed by atoms with Crippen molar-refractivity contribution in [2.24, 2.45) is 0 Å². The molecule has 12 atom stereocenters. The molecule has 7 N–H and O–H groups in total. The fourth-order valence-electron chi connectivity index (χ4n) is 8.07. The maximum Gasteiger partial charge on any atom is 0.245 e. The minimum atomic E-state index is -1.82. The van der Waals surface area contributed by atoms with E-state index in [1.807, 2.05) is 12.1 Å². The number of carbonyl (C=O) groups excluding carboxylic acids is 2. The number of aliphatic hydroxyl groups is 7. The van der Waals surface area contributed by atoms with Gasteiger partial charge in [-0.3, -0.25) is 9.59 Å². The van der Waals surface area contributed by atoms with Crippen LogP contribution in [-0.4, -0.2) is 157 Å². The molecule has 6 heterocycles. The number of rotatable bonds is 6. The quantitative estimate of drug-likeness (QED) is 0.140. The van der Waals surface area contributed by atoms with E-state index in [0.717, 1.165) is 10.9 Å². The van der Waals surface area contributed by atoms with Crippen molar-refractivity contribution in [1.82, 2.24) is 14.4 Å². The third-order valence-corrected chi connectivity index (χ3v) is 10.6. The summed E-state index contributed by atoms with van der Waals surface area (Å²) < 4.78 is 30.5. The largest absolute Gasteiger partial charge is 0.454 e. The Bertz CT molecular complexity index is 1830. The highest BCUT2D eigenvalue weighted by atomic mass is 16.7. The molecule has 51 heavy (non-hydrogen) atoms. The first kappa shape index (κ1) is 34.2. The molecule has 2 aromatic carbocycles. The van der Waals surface area contributed by atoms with Gasteiger partial charge in [-0.1, -0.05) is 24.3 Å². The van der Waals surface area contributed by atoms with Gasteiger partial charge in [-0.25, -0.2) is 0 Å². The van der Waals surface area contributed by atoms with E-state index in [1.165, 1.54) is 9.80 Å². The van der Waals surface area contributed by atoms with Crippen LogP contribution in [0.2, 0.25) is 0 Å². The number of hydrogen-bond donors (Lipinski definition) is 7. The number of ether oxygens (including phenoxy) is 5. The Morgan fingerprint density at radius 3 is 2.35 bits per heavy atom. The lowest BCUT2D eigenvalue weighted by Crippen LogP contribution is -2.64. The average molecular weight is 714 g/mol. The zero-order valence-electron chi connectivity index (χ0n) is 27.3. The predicted molar refractivity (Wildman–Crippen MR) is 170 cm³/mol. The lowest BCUT2D eigenvalue weighted by molar-refractivity contribution is -0.346. The van der Waals surface area contributed by atoms with Gasteiger partial charge in [-0.15, -0.1) is 0 Å². The van der Waals surface area contributed by atoms with Crippen LogP contribution < -0.4 is 9.47 Å². The second-order valence-corrected chi connectivity index (χ2v) is 13.5. The van der Waals surface area contributed by atoms with Crippen LogP contribution in [0, 0.1) is 0 Å². The summed E-state index contributed by atoms with van der Waals surface area (Å²) in [7, 11) is 1.58. The van der Waals surface area contributed by atoms with E-state index in [2.05, 4.69) is 0 Å². The van der Waals surface area contributed by atoms with E-state index in [-0.39, 0.29) is 31.6 Å². The van der Waals surface area contributed by atoms with Crippen molar-refractivity contribution in [1.29, 1.82) is 0 Å². The SMILES string of the molecule is CN1CC(=O)N2[C@H](c3ccc4c(c3)OCO4)c3c(c4ccccc4n3[C@@H]3O[C@H](CO)[C@@H](O[C@@H]4O[C@H](CO)[C@H](O)[C@H](O)[C@H]4O)[C@H](O)[C@H]3O)C[C@@H]2C1=O. The Morgan fingerprint density at radius 2 is 1.59 bits per heavy atom. The van der Waals surface area contributed by atoms with Gasteiger partial charge in [0.15, 0.2) is 24.0 Å². The van der Waals surface area contributed by atoms with Crippen LogP contribution in [0.4, 0.5) is 0 Å². The summed E-state index contributed by atoms with van der Waals surface area (Å²) in [4.78, 5) is 30.5. The van der Waals surface area contributed by atoms with Crippen LogP contribution in [0.1, 0.15) is 29.1 Å². The van der Waals surface area contributed by atoms with Crippen molar-refractivity contribution in [2.45, 2.75) is 79.9 Å². The average Bonchev–Trinajstić information content (AvgIpc) is 3.74. The number of aliphatic hydroxyl groups excluding tert-OH is 7. The van der Waals surface area contributed by atoms with Crippen LogP contribution >= 0.6 is 0 Å². The van der Waals surface area contributed by atoms with Crippen molar-refractivity contribution in [3.05, 3.63) is 59.3 Å². The van der Waals surface area contributed by atoms with Gasteiger partial charge in [0.2, 0.25) is 18.6 Å². The fourth-order valence-corrected chi connectivity index (χ4v) is 8.07. The van der Waals surface area contributed by atoms with E-state index >= 15 is 0 Å². The van der Waals surface area contributed by atoms with Gasteiger partial charge < -0.3 is 73.8 Å². The maximum absolute atomic E-state index is 13.9. The summed E-state index contributed by atoms with van der Waals surface area (Å²) in [5, 5.41) is 75.4. The molecule has 0 radical (unpaired) electrons. The summed E-state index contributed by atoms with van der Waals surface area (Å²) in [5.74, 6) is 0.419. The van der Waals surface area contributed by atoms with Crippen LogP contribution in [-0.2, 0) is 30.2 Å². The Kier molecular flexibility index (Phi) is 8.69. The van der Waals surface area contributed by atoms with E-state index in [4.69, 9.17) is 23.7 Å². The highest BCUT2D eigenvalue weighted by Gasteiger charge is 2.54. The second-order valence-electron chi connectivity index (χ2n) is 13.5. The van der Waals surface area contributed by atoms with Crippen LogP contribution in [0.5, 0.6) is 11.5 Å². The van der Waals surface area contributed by atoms with Crippen molar-refractivity contribution in [3.8, 4) is 11.5 Å². The third kappa shape index (κ3) is 5.30. The molecular weight excluding hydrogens is 674 g/mol. The number of benzene rings is 2. The lowest BCUT2D eigenvalue weighted by atomic mass is 9.86. The van der Waals surface area contributed by atoms with Gasteiger partial charge in [0.05, 0.1) is 37.0 Å². The molecule has 17 nitrogen and oxygen atoms in total. The first-order valence-electron chi connectivity index (χ1n) is 16.7. The number of aromatic nitrogens is 1. The number of likely N-dealkylation sites (N-methyl/N-ethyl adjacent to an activating group) is 1. The minimum absolute atomic E-state index is 0.0123. The molecule has 0 aliphatic carbocycles. The van der Waals surface area contributed by atoms with E-state index in [1.54, 1.807) is 41.9 Å². The smallest absolute Gasteiger partial charge is 0.245 e. The number of nitrogens with zero attached hydrogens (tertiary/aromatic N) is 3. The van der Waals surface area contributed by atoms with Crippen molar-refractivity contribution in [2.75, 3.05) is 33.6 Å². The van der Waals surface area contributed by atoms with Crippen molar-refractivity contribution < 1.29 is 69.0 Å². The normalized spacial score (nSPS) is 36.4. The molecule has 5 aliphatic rings. The van der Waals surface area contributed by atoms with Gasteiger partial charge in [-0.05, 0) is 29.3 Å². The van der Waals surface area contributed by atoms with Crippen molar-refractivity contribution >= 4 is 22.7 Å². The Balaban J connectivity index is 1.23. The number of para-hydroxylation sites is 1. The molecule has 3 aromatic rings. The molecule has 1 aromatic heterocycles. The van der Waals surface area contributed by atoms with Gasteiger partial charge in [0, 0.05) is 18.9 Å². The van der Waals surface area contributed by atoms with Gasteiger partial charge in [-0.2, -0.15) is 0 Å². The monoisotopic (exact) mass is 713 g/mol. The number of amides is 2. The van der Waals surface area contributed by atoms with E-state index in [0.29, 0.717) is 28.3 Å². The number of fused-ring (bicyclic) bond motifs is 5. The summed E-state index contributed by atoms with van der Waals surface area (Å²) in [6.07, 6.45) is -15.9. The number of hydrogen-bond acceptors (Lipinski definition) is 14. The molecule has 8 rings (SSSR count). The standard InChI is InChI=1S/C34H39N3O14/c1-35-10-23(40)36-18(32(35)46)9-16-15-4-2-3-5-17(15)37(25(16)24(36)14-6-7-19-20(8-14)48-13-47-19)33-29(44)28(43)31(22(12-39)49-33)51-34-30(45)27(42)26(41)21(11-38)50-34/h2-8,18,21-22,24,26-31,33-34,38-39,41-45H,9-13H2,1H3/t18-,21-,22-,24-,26+,27+,28-,29-,30-,31-,33-,34+/m1/s1. The molecule has 0 bridgehead atoms. The van der Waals surface area contributed by atoms with Gasteiger partial charge in [0.1, 0.15) is 54.9 Å². The summed E-state index contributed by atoms with van der Waals surface area (Å²) >= 11 is 0. The number of piperazine rings is 1. The second kappa shape index (κ2) is 13.0. The molecule has 0 saturated carbocycles. The van der Waals surface area contributed by atoms with Crippen LogP contribution in [0.25, 0.3) is 10.9 Å². The Labute approximate surface area is 290 Å². The zero-order chi connectivity index (χ0) is 35.9. The molecule has 3 saturated heterocycles. The molecule has 3 fully saturated rings. The summed E-state index contributed by atoms with van der Waals surface area (Å²) in [6, 6.07) is 10.7. The molecule has 0 spiro atoms. The van der Waals surface area contributed by atoms with Gasteiger partial charge in [0.25, 0.3) is 0 Å². The molecule has 2 amide bonds. The lowest BCUT2D eigenvalue weighted by Gasteiger charge is -2.49. The highest BCUT2D eigenvalue weighted by molar-refractivity contribution is 5.97. The predicted octanol–water partition coefficient (Wildman–Crippen LogP) is -2.52. The Morgan fingerprint density at radius 1 is 0.843 bits per heavy atom. The zero-order valence-corrected chi connectivity index (χ0v) is 27.3. The van der Waals surface area contributed by atoms with E-state index in [9.17, 15) is 45.3 Å². The topological polar surface area (TPSA) is 233 Å². The maximum atomic E-state index is 13.9.